The summed E-state index contributed by atoms with van der Waals surface area (Å²) >= 11 is 0. The lowest BCUT2D eigenvalue weighted by Gasteiger charge is -2.18. The van der Waals surface area contributed by atoms with E-state index in [2.05, 4.69) is 10.2 Å². The van der Waals surface area contributed by atoms with E-state index in [0.717, 1.165) is 37.3 Å². The lowest BCUT2D eigenvalue weighted by atomic mass is 10.1. The second-order valence-corrected chi connectivity index (χ2v) is 8.31. The van der Waals surface area contributed by atoms with Gasteiger partial charge in [-0.15, -0.1) is 0 Å². The summed E-state index contributed by atoms with van der Waals surface area (Å²) in [5.74, 6) is -0.476. The molecule has 32 heavy (non-hydrogen) atoms. The smallest absolute Gasteiger partial charge is 0.261 e. The number of imide groups is 1. The van der Waals surface area contributed by atoms with Gasteiger partial charge in [-0.2, -0.15) is 0 Å². The predicted molar refractivity (Wildman–Crippen MR) is 123 cm³/mol. The number of hydrogen-bond donors (Lipinski definition) is 1. The van der Waals surface area contributed by atoms with Crippen LogP contribution in [0, 0.1) is 0 Å². The normalized spacial score (nSPS) is 17.7. The van der Waals surface area contributed by atoms with Crippen LogP contribution in [0.1, 0.15) is 52.8 Å². The molecule has 0 aromatic heterocycles. The van der Waals surface area contributed by atoms with Gasteiger partial charge in [-0.05, 0) is 55.7 Å². The van der Waals surface area contributed by atoms with Gasteiger partial charge < -0.3 is 15.0 Å². The molecule has 2 heterocycles. The number of methoxy groups -OCH3 is 1. The molecule has 7 nitrogen and oxygen atoms in total. The van der Waals surface area contributed by atoms with Crippen molar-refractivity contribution in [1.82, 2.24) is 4.90 Å². The third-order valence-electron chi connectivity index (χ3n) is 6.16. The molecule has 1 fully saturated rings. The number of amides is 3. The van der Waals surface area contributed by atoms with Crippen molar-refractivity contribution >= 4 is 29.1 Å². The number of ether oxygens (including phenoxy) is 1. The third kappa shape index (κ3) is 4.83. The Bertz CT molecular complexity index is 954. The van der Waals surface area contributed by atoms with E-state index in [1.165, 1.54) is 4.90 Å². The Kier molecular flexibility index (Phi) is 6.85. The minimum atomic E-state index is -0.224. The molecule has 1 atom stereocenters. The number of nitrogens with one attached hydrogen (secondary N) is 1. The molecule has 2 aromatic carbocycles. The number of carbonyl (C=O) groups is 3. The number of benzene rings is 2. The summed E-state index contributed by atoms with van der Waals surface area (Å²) in [7, 11) is 1.75. The van der Waals surface area contributed by atoms with Crippen LogP contribution in [0.25, 0.3) is 0 Å². The zero-order valence-corrected chi connectivity index (χ0v) is 18.4. The first-order valence-electron chi connectivity index (χ1n) is 11.2. The molecule has 1 saturated heterocycles. The van der Waals surface area contributed by atoms with Crippen molar-refractivity contribution in [3.8, 4) is 0 Å². The van der Waals surface area contributed by atoms with Gasteiger partial charge in [0, 0.05) is 44.5 Å². The molecule has 1 N–H and O–H groups in total. The van der Waals surface area contributed by atoms with E-state index >= 15 is 0 Å². The van der Waals surface area contributed by atoms with Crippen LogP contribution in [-0.4, -0.2) is 55.5 Å². The number of carbonyl (C=O) groups excluding carboxylic acids is 3. The van der Waals surface area contributed by atoms with Crippen molar-refractivity contribution in [3.05, 3.63) is 59.7 Å². The van der Waals surface area contributed by atoms with E-state index in [-0.39, 0.29) is 23.8 Å². The third-order valence-corrected chi connectivity index (χ3v) is 6.16. The van der Waals surface area contributed by atoms with Crippen LogP contribution < -0.4 is 10.2 Å². The summed E-state index contributed by atoms with van der Waals surface area (Å²) in [6, 6.07) is 14.8. The highest BCUT2D eigenvalue weighted by Gasteiger charge is 2.34. The minimum Gasteiger partial charge on any atom is -0.380 e. The van der Waals surface area contributed by atoms with Crippen molar-refractivity contribution in [3.63, 3.8) is 0 Å². The zero-order chi connectivity index (χ0) is 22.5. The first kappa shape index (κ1) is 22.0. The fourth-order valence-electron chi connectivity index (χ4n) is 4.31. The van der Waals surface area contributed by atoms with Gasteiger partial charge in [0.1, 0.15) is 0 Å². The van der Waals surface area contributed by atoms with Crippen molar-refractivity contribution < 1.29 is 19.1 Å². The summed E-state index contributed by atoms with van der Waals surface area (Å²) in [6.07, 6.45) is 3.89. The highest BCUT2D eigenvalue weighted by molar-refractivity contribution is 6.21. The van der Waals surface area contributed by atoms with E-state index < -0.39 is 0 Å². The quantitative estimate of drug-likeness (QED) is 0.480. The summed E-state index contributed by atoms with van der Waals surface area (Å²) in [5.41, 5.74) is 2.88. The van der Waals surface area contributed by atoms with Gasteiger partial charge in [0.05, 0.1) is 17.2 Å². The number of anilines is 2. The monoisotopic (exact) mass is 435 g/mol. The molecule has 0 aliphatic carbocycles. The lowest BCUT2D eigenvalue weighted by Crippen LogP contribution is -2.30. The predicted octanol–water partition coefficient (Wildman–Crippen LogP) is 3.71. The SMILES string of the molecule is COC1CCN(c2ccc(NC(=O)CCCCCN3C(=O)c4ccccc4C3=O)cc2)C1. The van der Waals surface area contributed by atoms with Crippen molar-refractivity contribution in [1.29, 1.82) is 0 Å². The summed E-state index contributed by atoms with van der Waals surface area (Å²) in [4.78, 5) is 40.6. The van der Waals surface area contributed by atoms with Crippen molar-refractivity contribution in [2.45, 2.75) is 38.2 Å². The van der Waals surface area contributed by atoms with Crippen LogP contribution >= 0.6 is 0 Å². The molecule has 2 aromatic rings. The zero-order valence-electron chi connectivity index (χ0n) is 18.4. The number of unbranched alkanes of at least 4 members (excludes halogenated alkanes) is 2. The number of rotatable bonds is 9. The Balaban J connectivity index is 1.15. The molecule has 0 bridgehead atoms. The van der Waals surface area contributed by atoms with Gasteiger partial charge in [-0.3, -0.25) is 19.3 Å². The van der Waals surface area contributed by atoms with E-state index in [9.17, 15) is 14.4 Å². The van der Waals surface area contributed by atoms with E-state index in [1.54, 1.807) is 31.4 Å². The Morgan fingerprint density at radius 3 is 2.31 bits per heavy atom. The number of fused-ring (bicyclic) bond motifs is 1. The number of hydrogen-bond acceptors (Lipinski definition) is 5. The van der Waals surface area contributed by atoms with Crippen LogP contribution in [-0.2, 0) is 9.53 Å². The molecular formula is C25H29N3O4. The first-order valence-corrected chi connectivity index (χ1v) is 11.2. The van der Waals surface area contributed by atoms with E-state index in [4.69, 9.17) is 4.74 Å². The highest BCUT2D eigenvalue weighted by atomic mass is 16.5. The van der Waals surface area contributed by atoms with Gasteiger partial charge in [-0.25, -0.2) is 0 Å². The summed E-state index contributed by atoms with van der Waals surface area (Å²) < 4.78 is 5.41. The maximum atomic E-state index is 12.4. The topological polar surface area (TPSA) is 79.0 Å². The molecule has 7 heteroatoms. The van der Waals surface area contributed by atoms with Crippen LogP contribution in [0.4, 0.5) is 11.4 Å². The average Bonchev–Trinajstić information content (AvgIpc) is 3.38. The molecule has 168 valence electrons. The fourth-order valence-corrected chi connectivity index (χ4v) is 4.31. The van der Waals surface area contributed by atoms with Crippen molar-refractivity contribution in [2.75, 3.05) is 37.0 Å². The maximum Gasteiger partial charge on any atom is 0.261 e. The molecule has 4 rings (SSSR count). The van der Waals surface area contributed by atoms with Crippen LogP contribution in [0.2, 0.25) is 0 Å². The van der Waals surface area contributed by atoms with Crippen LogP contribution in [0.5, 0.6) is 0 Å². The van der Waals surface area contributed by atoms with Crippen molar-refractivity contribution in [2.24, 2.45) is 0 Å². The Hall–Kier alpha value is -3.19. The van der Waals surface area contributed by atoms with E-state index in [1.807, 2.05) is 24.3 Å². The average molecular weight is 436 g/mol. The summed E-state index contributed by atoms with van der Waals surface area (Å²) in [5, 5.41) is 2.94. The lowest BCUT2D eigenvalue weighted by molar-refractivity contribution is -0.116. The van der Waals surface area contributed by atoms with Gasteiger partial charge >= 0.3 is 0 Å². The molecule has 3 amide bonds. The maximum absolute atomic E-state index is 12.4. The molecule has 0 saturated carbocycles. The first-order chi connectivity index (χ1) is 15.6. The molecule has 2 aliphatic rings. The fraction of sp³-hybridized carbons (Fsp3) is 0.400. The Morgan fingerprint density at radius 1 is 1.00 bits per heavy atom. The molecule has 0 radical (unpaired) electrons. The van der Waals surface area contributed by atoms with Gasteiger partial charge in [0.2, 0.25) is 5.91 Å². The standard InChI is InChI=1S/C25H29N3O4/c1-32-20-14-16-27(17-20)19-12-10-18(11-13-19)26-23(29)9-3-2-6-15-28-24(30)21-7-4-5-8-22(21)25(28)31/h4-5,7-8,10-13,20H,2-3,6,9,14-17H2,1H3,(H,26,29). The Labute approximate surface area is 188 Å². The largest absolute Gasteiger partial charge is 0.380 e. The second-order valence-electron chi connectivity index (χ2n) is 8.31. The number of nitrogens with zero attached hydrogens (tertiary/aromatic N) is 2. The molecular weight excluding hydrogens is 406 g/mol. The molecule has 2 aliphatic heterocycles. The van der Waals surface area contributed by atoms with Gasteiger partial charge in [0.15, 0.2) is 0 Å². The van der Waals surface area contributed by atoms with E-state index in [0.29, 0.717) is 36.9 Å². The molecule has 0 spiro atoms. The van der Waals surface area contributed by atoms with Crippen LogP contribution in [0.3, 0.4) is 0 Å². The second kappa shape index (κ2) is 9.96. The molecule has 1 unspecified atom stereocenters. The summed E-state index contributed by atoms with van der Waals surface area (Å²) in [6.45, 7) is 2.25. The Morgan fingerprint density at radius 2 is 1.69 bits per heavy atom. The van der Waals surface area contributed by atoms with Crippen LogP contribution in [0.15, 0.2) is 48.5 Å². The van der Waals surface area contributed by atoms with Gasteiger partial charge in [-0.1, -0.05) is 18.6 Å². The highest BCUT2D eigenvalue weighted by Crippen LogP contribution is 2.24. The minimum absolute atomic E-state index is 0.0286. The van der Waals surface area contributed by atoms with Gasteiger partial charge in [0.25, 0.3) is 11.8 Å².